The van der Waals surface area contributed by atoms with Crippen molar-refractivity contribution in [1.82, 2.24) is 20.2 Å². The van der Waals surface area contributed by atoms with E-state index in [1.807, 2.05) is 6.07 Å². The number of rotatable bonds is 2. The molecule has 0 unspecified atom stereocenters. The molecule has 2 aromatic heterocycles. The van der Waals surface area contributed by atoms with Gasteiger partial charge in [0.2, 0.25) is 0 Å². The molecular weight excluding hydrogens is 236 g/mol. The van der Waals surface area contributed by atoms with Crippen LogP contribution >= 0.6 is 0 Å². The van der Waals surface area contributed by atoms with Gasteiger partial charge in [-0.15, -0.1) is 5.10 Å². The van der Waals surface area contributed by atoms with Crippen molar-refractivity contribution in [1.29, 1.82) is 0 Å². The molecule has 2 heterocycles. The van der Waals surface area contributed by atoms with Crippen LogP contribution in [0.2, 0.25) is 0 Å². The van der Waals surface area contributed by atoms with E-state index in [9.17, 15) is 4.79 Å². The molecule has 0 bridgehead atoms. The second-order valence-electron chi connectivity index (χ2n) is 3.80. The molecular formula is C11H8N4O3. The Morgan fingerprint density at radius 1 is 1.39 bits per heavy atom. The zero-order valence-electron chi connectivity index (χ0n) is 9.36. The highest BCUT2D eigenvalue weighted by molar-refractivity contribution is 5.87. The number of aryl methyl sites for hydroxylation is 1. The summed E-state index contributed by atoms with van der Waals surface area (Å²) in [5.41, 5.74) is 2.21. The van der Waals surface area contributed by atoms with Crippen molar-refractivity contribution in [2.75, 3.05) is 0 Å². The maximum atomic E-state index is 10.7. The van der Waals surface area contributed by atoms with Crippen LogP contribution in [0.4, 0.5) is 0 Å². The van der Waals surface area contributed by atoms with Crippen LogP contribution in [0.25, 0.3) is 22.4 Å². The Kier molecular flexibility index (Phi) is 2.12. The van der Waals surface area contributed by atoms with Gasteiger partial charge in [-0.1, -0.05) is 10.4 Å². The molecule has 18 heavy (non-hydrogen) atoms. The van der Waals surface area contributed by atoms with Crippen molar-refractivity contribution in [3.63, 3.8) is 0 Å². The highest BCUT2D eigenvalue weighted by Crippen LogP contribution is 2.23. The van der Waals surface area contributed by atoms with E-state index in [0.29, 0.717) is 5.76 Å². The fraction of sp³-hybridized carbons (Fsp3) is 0.0909. The van der Waals surface area contributed by atoms with Gasteiger partial charge in [0.1, 0.15) is 5.52 Å². The minimum atomic E-state index is -1.12. The highest BCUT2D eigenvalue weighted by Gasteiger charge is 2.13. The summed E-state index contributed by atoms with van der Waals surface area (Å²) in [7, 11) is 1.78. The predicted molar refractivity (Wildman–Crippen MR) is 61.0 cm³/mol. The third-order valence-corrected chi connectivity index (χ3v) is 2.62. The minimum Gasteiger partial charge on any atom is -0.476 e. The molecule has 3 aromatic rings. The number of hydrogen-bond donors (Lipinski definition) is 1. The molecule has 0 aliphatic rings. The van der Waals surface area contributed by atoms with Crippen LogP contribution in [0.1, 0.15) is 10.5 Å². The largest absolute Gasteiger partial charge is 0.476 e. The summed E-state index contributed by atoms with van der Waals surface area (Å²) < 4.78 is 6.63. The van der Waals surface area contributed by atoms with E-state index < -0.39 is 5.97 Å². The quantitative estimate of drug-likeness (QED) is 0.730. The zero-order chi connectivity index (χ0) is 12.7. The first-order valence-electron chi connectivity index (χ1n) is 5.15. The lowest BCUT2D eigenvalue weighted by molar-refractivity contribution is 0.0686. The van der Waals surface area contributed by atoms with Gasteiger partial charge in [0.05, 0.1) is 5.52 Å². The average Bonchev–Trinajstić information content (AvgIpc) is 2.96. The molecule has 7 nitrogen and oxygen atoms in total. The number of aromatic nitrogens is 4. The van der Waals surface area contributed by atoms with Crippen LogP contribution in [-0.4, -0.2) is 31.2 Å². The first-order chi connectivity index (χ1) is 8.65. The first-order valence-corrected chi connectivity index (χ1v) is 5.15. The summed E-state index contributed by atoms with van der Waals surface area (Å²) in [6.07, 6.45) is 0. The first kappa shape index (κ1) is 10.5. The van der Waals surface area contributed by atoms with E-state index in [0.717, 1.165) is 16.6 Å². The molecule has 0 aliphatic carbocycles. The Balaban J connectivity index is 2.12. The van der Waals surface area contributed by atoms with E-state index in [4.69, 9.17) is 9.63 Å². The Hall–Kier alpha value is -2.70. The predicted octanol–water partition coefficient (Wildman–Crippen LogP) is 1.32. The normalized spacial score (nSPS) is 10.9. The monoisotopic (exact) mass is 244 g/mol. The molecule has 7 heteroatoms. The van der Waals surface area contributed by atoms with Gasteiger partial charge in [-0.3, -0.25) is 0 Å². The molecule has 0 amide bonds. The number of nitrogens with zero attached hydrogens (tertiary/aromatic N) is 4. The second kappa shape index (κ2) is 3.66. The fourth-order valence-corrected chi connectivity index (χ4v) is 1.70. The Morgan fingerprint density at radius 3 is 2.94 bits per heavy atom. The molecule has 0 spiro atoms. The van der Waals surface area contributed by atoms with Crippen molar-refractivity contribution < 1.29 is 14.4 Å². The lowest BCUT2D eigenvalue weighted by Gasteiger charge is -1.96. The van der Waals surface area contributed by atoms with Gasteiger partial charge in [-0.25, -0.2) is 9.48 Å². The van der Waals surface area contributed by atoms with Crippen LogP contribution < -0.4 is 0 Å². The lowest BCUT2D eigenvalue weighted by Crippen LogP contribution is -1.94. The molecule has 0 saturated heterocycles. The highest BCUT2D eigenvalue weighted by atomic mass is 16.5. The van der Waals surface area contributed by atoms with Crippen molar-refractivity contribution >= 4 is 17.0 Å². The summed E-state index contributed by atoms with van der Waals surface area (Å²) in [6.45, 7) is 0. The van der Waals surface area contributed by atoms with Crippen LogP contribution in [-0.2, 0) is 7.05 Å². The van der Waals surface area contributed by atoms with E-state index >= 15 is 0 Å². The fourth-order valence-electron chi connectivity index (χ4n) is 1.70. The lowest BCUT2D eigenvalue weighted by atomic mass is 10.1. The molecule has 90 valence electrons. The number of aromatic carboxylic acids is 1. The van der Waals surface area contributed by atoms with E-state index in [1.54, 1.807) is 23.9 Å². The topological polar surface area (TPSA) is 94.0 Å². The number of fused-ring (bicyclic) bond motifs is 1. The van der Waals surface area contributed by atoms with Crippen LogP contribution in [0.3, 0.4) is 0 Å². The molecule has 1 N–H and O–H groups in total. The third kappa shape index (κ3) is 1.53. The third-order valence-electron chi connectivity index (χ3n) is 2.62. The van der Waals surface area contributed by atoms with E-state index in [2.05, 4.69) is 15.5 Å². The van der Waals surface area contributed by atoms with Gasteiger partial charge in [0, 0.05) is 18.7 Å². The van der Waals surface area contributed by atoms with Crippen molar-refractivity contribution in [3.05, 3.63) is 30.0 Å². The molecule has 3 rings (SSSR count). The van der Waals surface area contributed by atoms with Crippen LogP contribution in [0.15, 0.2) is 28.8 Å². The standard InChI is InChI=1S/C11H8N4O3/c1-15-9-4-6(2-3-7(9)12-14-15)10-5-8(11(16)17)13-18-10/h2-5H,1H3,(H,16,17). The number of benzene rings is 1. The van der Waals surface area contributed by atoms with Gasteiger partial charge in [-0.05, 0) is 18.2 Å². The Bertz CT molecular complexity index is 744. The minimum absolute atomic E-state index is 0.117. The zero-order valence-corrected chi connectivity index (χ0v) is 9.36. The number of carboxylic acid groups (broad SMARTS) is 1. The smallest absolute Gasteiger partial charge is 0.358 e. The second-order valence-corrected chi connectivity index (χ2v) is 3.80. The number of carbonyl (C=O) groups is 1. The molecule has 0 atom stereocenters. The molecule has 0 radical (unpaired) electrons. The van der Waals surface area contributed by atoms with Crippen LogP contribution in [0.5, 0.6) is 0 Å². The number of carboxylic acids is 1. The van der Waals surface area contributed by atoms with Gasteiger partial charge in [-0.2, -0.15) is 0 Å². The van der Waals surface area contributed by atoms with Gasteiger partial charge < -0.3 is 9.63 Å². The molecule has 1 aromatic carbocycles. The molecule has 0 saturated carbocycles. The SMILES string of the molecule is Cn1nnc2ccc(-c3cc(C(=O)O)no3)cc21. The summed E-state index contributed by atoms with van der Waals surface area (Å²) in [6, 6.07) is 6.78. The Labute approximate surface area is 101 Å². The summed E-state index contributed by atoms with van der Waals surface area (Å²) in [5.74, 6) is -0.719. The van der Waals surface area contributed by atoms with Gasteiger partial charge >= 0.3 is 5.97 Å². The maximum absolute atomic E-state index is 10.7. The van der Waals surface area contributed by atoms with Crippen molar-refractivity contribution in [2.45, 2.75) is 0 Å². The van der Waals surface area contributed by atoms with Gasteiger partial charge in [0.15, 0.2) is 11.5 Å². The van der Waals surface area contributed by atoms with E-state index in [1.165, 1.54) is 6.07 Å². The average molecular weight is 244 g/mol. The number of hydrogen-bond acceptors (Lipinski definition) is 5. The maximum Gasteiger partial charge on any atom is 0.358 e. The summed E-state index contributed by atoms with van der Waals surface area (Å²) in [5, 5.41) is 20.1. The molecule has 0 fully saturated rings. The van der Waals surface area contributed by atoms with Crippen LogP contribution in [0, 0.1) is 0 Å². The molecule has 0 aliphatic heterocycles. The summed E-state index contributed by atoms with van der Waals surface area (Å²) >= 11 is 0. The Morgan fingerprint density at radius 2 is 2.22 bits per heavy atom. The van der Waals surface area contributed by atoms with Crippen molar-refractivity contribution in [2.24, 2.45) is 7.05 Å². The summed E-state index contributed by atoms with van der Waals surface area (Å²) in [4.78, 5) is 10.7. The van der Waals surface area contributed by atoms with Gasteiger partial charge in [0.25, 0.3) is 0 Å². The van der Waals surface area contributed by atoms with Crippen molar-refractivity contribution in [3.8, 4) is 11.3 Å². The van der Waals surface area contributed by atoms with E-state index in [-0.39, 0.29) is 5.69 Å².